The van der Waals surface area contributed by atoms with Crippen LogP contribution in [0, 0.1) is 6.92 Å². The largest absolute Gasteiger partial charge is 0.313 e. The molecule has 0 aliphatic rings. The maximum atomic E-state index is 3.40. The SMILES string of the molecule is CCNCc1ccc(C)c(-c2cccc3ccsc23)c1. The Morgan fingerprint density at radius 1 is 1.05 bits per heavy atom. The van der Waals surface area contributed by atoms with E-state index >= 15 is 0 Å². The summed E-state index contributed by atoms with van der Waals surface area (Å²) in [6, 6.07) is 15.5. The maximum absolute atomic E-state index is 3.40. The van der Waals surface area contributed by atoms with Crippen molar-refractivity contribution in [1.29, 1.82) is 0 Å². The topological polar surface area (TPSA) is 12.0 Å². The standard InChI is InChI=1S/C18H19NS/c1-3-19-12-14-8-7-13(2)17(11-14)16-6-4-5-15-9-10-20-18(15)16/h4-11,19H,3,12H2,1-2H3. The molecule has 0 atom stereocenters. The molecular formula is C18H19NS. The Kier molecular flexibility index (Phi) is 3.86. The summed E-state index contributed by atoms with van der Waals surface area (Å²) in [5.74, 6) is 0. The molecule has 0 aliphatic carbocycles. The molecule has 1 heterocycles. The third-order valence-corrected chi connectivity index (χ3v) is 4.61. The first-order valence-electron chi connectivity index (χ1n) is 7.06. The first-order valence-corrected chi connectivity index (χ1v) is 7.94. The van der Waals surface area contributed by atoms with Gasteiger partial charge < -0.3 is 5.32 Å². The Bertz CT molecular complexity index is 727. The van der Waals surface area contributed by atoms with E-state index in [-0.39, 0.29) is 0 Å². The van der Waals surface area contributed by atoms with Gasteiger partial charge >= 0.3 is 0 Å². The molecule has 102 valence electrons. The Morgan fingerprint density at radius 2 is 1.95 bits per heavy atom. The van der Waals surface area contributed by atoms with Crippen molar-refractivity contribution in [3.8, 4) is 11.1 Å². The lowest BCUT2D eigenvalue weighted by Gasteiger charge is -2.11. The summed E-state index contributed by atoms with van der Waals surface area (Å²) in [6.07, 6.45) is 0. The molecule has 0 saturated carbocycles. The van der Waals surface area contributed by atoms with E-state index in [0.29, 0.717) is 0 Å². The molecule has 3 rings (SSSR count). The monoisotopic (exact) mass is 281 g/mol. The van der Waals surface area contributed by atoms with Crippen LogP contribution in [0.4, 0.5) is 0 Å². The minimum absolute atomic E-state index is 0.935. The fourth-order valence-electron chi connectivity index (χ4n) is 2.54. The van der Waals surface area contributed by atoms with Crippen LogP contribution in [0.15, 0.2) is 47.8 Å². The van der Waals surface area contributed by atoms with Crippen LogP contribution in [-0.4, -0.2) is 6.54 Å². The van der Waals surface area contributed by atoms with Crippen LogP contribution >= 0.6 is 11.3 Å². The summed E-state index contributed by atoms with van der Waals surface area (Å²) in [5, 5.41) is 6.91. The molecule has 20 heavy (non-hydrogen) atoms. The van der Waals surface area contributed by atoms with E-state index in [1.165, 1.54) is 32.3 Å². The maximum Gasteiger partial charge on any atom is 0.0421 e. The van der Waals surface area contributed by atoms with E-state index in [9.17, 15) is 0 Å². The number of fused-ring (bicyclic) bond motifs is 1. The van der Waals surface area contributed by atoms with Crippen molar-refractivity contribution in [2.24, 2.45) is 0 Å². The molecule has 0 radical (unpaired) electrons. The smallest absolute Gasteiger partial charge is 0.0421 e. The molecule has 0 aliphatic heterocycles. The van der Waals surface area contributed by atoms with Gasteiger partial charge in [0.05, 0.1) is 0 Å². The highest BCUT2D eigenvalue weighted by Gasteiger charge is 2.08. The molecule has 3 aromatic rings. The van der Waals surface area contributed by atoms with Crippen LogP contribution in [0.5, 0.6) is 0 Å². The summed E-state index contributed by atoms with van der Waals surface area (Å²) in [6.45, 7) is 6.27. The van der Waals surface area contributed by atoms with Gasteiger partial charge in [0.25, 0.3) is 0 Å². The van der Waals surface area contributed by atoms with Crippen LogP contribution in [0.25, 0.3) is 21.2 Å². The molecule has 1 aromatic heterocycles. The second-order valence-corrected chi connectivity index (χ2v) is 5.99. The summed E-state index contributed by atoms with van der Waals surface area (Å²) >= 11 is 1.83. The number of rotatable bonds is 4. The predicted octanol–water partition coefficient (Wildman–Crippen LogP) is 4.99. The molecule has 0 fully saturated rings. The van der Waals surface area contributed by atoms with Crippen LogP contribution in [0.1, 0.15) is 18.1 Å². The van der Waals surface area contributed by atoms with Crippen molar-refractivity contribution in [2.75, 3.05) is 6.54 Å². The highest BCUT2D eigenvalue weighted by Crippen LogP contribution is 2.34. The molecule has 0 spiro atoms. The predicted molar refractivity (Wildman–Crippen MR) is 89.4 cm³/mol. The van der Waals surface area contributed by atoms with Crippen LogP contribution < -0.4 is 5.32 Å². The minimum atomic E-state index is 0.935. The zero-order valence-corrected chi connectivity index (χ0v) is 12.8. The van der Waals surface area contributed by atoms with Crippen molar-refractivity contribution >= 4 is 21.4 Å². The lowest BCUT2D eigenvalue weighted by atomic mass is 9.97. The second-order valence-electron chi connectivity index (χ2n) is 5.07. The zero-order valence-electron chi connectivity index (χ0n) is 11.9. The van der Waals surface area contributed by atoms with Crippen LogP contribution in [0.2, 0.25) is 0 Å². The number of benzene rings is 2. The first kappa shape index (κ1) is 13.3. The fraction of sp³-hybridized carbons (Fsp3) is 0.222. The summed E-state index contributed by atoms with van der Waals surface area (Å²) in [5.41, 5.74) is 5.40. The molecule has 2 aromatic carbocycles. The third kappa shape index (κ3) is 2.49. The van der Waals surface area contributed by atoms with Crippen molar-refractivity contribution in [1.82, 2.24) is 5.32 Å². The quantitative estimate of drug-likeness (QED) is 0.710. The number of nitrogens with one attached hydrogen (secondary N) is 1. The number of hydrogen-bond acceptors (Lipinski definition) is 2. The Labute approximate surface area is 124 Å². The van der Waals surface area contributed by atoms with Gasteiger partial charge in [-0.25, -0.2) is 0 Å². The number of aryl methyl sites for hydroxylation is 1. The van der Waals surface area contributed by atoms with Crippen molar-refractivity contribution < 1.29 is 0 Å². The van der Waals surface area contributed by atoms with Crippen LogP contribution in [-0.2, 0) is 6.54 Å². The van der Waals surface area contributed by atoms with E-state index in [1.807, 2.05) is 11.3 Å². The highest BCUT2D eigenvalue weighted by molar-refractivity contribution is 7.17. The van der Waals surface area contributed by atoms with Gasteiger partial charge in [0.2, 0.25) is 0 Å². The van der Waals surface area contributed by atoms with E-state index in [2.05, 4.69) is 67.0 Å². The fourth-order valence-corrected chi connectivity index (χ4v) is 3.47. The van der Waals surface area contributed by atoms with E-state index < -0.39 is 0 Å². The molecule has 0 bridgehead atoms. The lowest BCUT2D eigenvalue weighted by Crippen LogP contribution is -2.11. The van der Waals surface area contributed by atoms with E-state index in [1.54, 1.807) is 0 Å². The average Bonchev–Trinajstić information content (AvgIpc) is 2.95. The van der Waals surface area contributed by atoms with Crippen LogP contribution in [0.3, 0.4) is 0 Å². The third-order valence-electron chi connectivity index (χ3n) is 3.65. The molecule has 1 nitrogen and oxygen atoms in total. The molecule has 0 saturated heterocycles. The number of thiophene rings is 1. The van der Waals surface area contributed by atoms with Crippen molar-refractivity contribution in [2.45, 2.75) is 20.4 Å². The van der Waals surface area contributed by atoms with Gasteiger partial charge in [0.1, 0.15) is 0 Å². The summed E-state index contributed by atoms with van der Waals surface area (Å²) < 4.78 is 1.39. The molecule has 0 unspecified atom stereocenters. The van der Waals surface area contributed by atoms with E-state index in [4.69, 9.17) is 0 Å². The van der Waals surface area contributed by atoms with Crippen molar-refractivity contribution in [3.63, 3.8) is 0 Å². The Hall–Kier alpha value is -1.64. The number of hydrogen-bond donors (Lipinski definition) is 1. The molecule has 2 heteroatoms. The van der Waals surface area contributed by atoms with Gasteiger partial charge in [-0.3, -0.25) is 0 Å². The van der Waals surface area contributed by atoms with E-state index in [0.717, 1.165) is 13.1 Å². The molecule has 1 N–H and O–H groups in total. The van der Waals surface area contributed by atoms with Gasteiger partial charge in [-0.1, -0.05) is 37.3 Å². The van der Waals surface area contributed by atoms with Gasteiger partial charge in [-0.15, -0.1) is 11.3 Å². The minimum Gasteiger partial charge on any atom is -0.313 e. The summed E-state index contributed by atoms with van der Waals surface area (Å²) in [4.78, 5) is 0. The zero-order chi connectivity index (χ0) is 13.9. The molecule has 0 amide bonds. The summed E-state index contributed by atoms with van der Waals surface area (Å²) in [7, 11) is 0. The van der Waals surface area contributed by atoms with Gasteiger partial charge in [-0.2, -0.15) is 0 Å². The first-order chi connectivity index (χ1) is 9.79. The van der Waals surface area contributed by atoms with Gasteiger partial charge in [0, 0.05) is 11.2 Å². The average molecular weight is 281 g/mol. The highest BCUT2D eigenvalue weighted by atomic mass is 32.1. The Balaban J connectivity index is 2.10. The lowest BCUT2D eigenvalue weighted by molar-refractivity contribution is 0.727. The second kappa shape index (κ2) is 5.78. The Morgan fingerprint density at radius 3 is 2.80 bits per heavy atom. The van der Waals surface area contributed by atoms with Gasteiger partial charge in [-0.05, 0) is 58.6 Å². The van der Waals surface area contributed by atoms with Gasteiger partial charge in [0.15, 0.2) is 0 Å². The van der Waals surface area contributed by atoms with Crippen molar-refractivity contribution in [3.05, 3.63) is 59.0 Å². The normalized spacial score (nSPS) is 11.1. The molecular weight excluding hydrogens is 262 g/mol.